The summed E-state index contributed by atoms with van der Waals surface area (Å²) in [6, 6.07) is 0. The quantitative estimate of drug-likeness (QED) is 0.603. The molecule has 1 fully saturated rings. The summed E-state index contributed by atoms with van der Waals surface area (Å²) in [5.41, 5.74) is 0.504. The molecule has 1 aromatic heterocycles. The lowest BCUT2D eigenvalue weighted by atomic mass is 10.1. The van der Waals surface area contributed by atoms with E-state index in [9.17, 15) is 4.79 Å². The third-order valence-electron chi connectivity index (χ3n) is 2.45. The van der Waals surface area contributed by atoms with Crippen molar-refractivity contribution in [2.24, 2.45) is 5.92 Å². The molecule has 1 aliphatic rings. The molecular formula is C10H12ClNO2S. The standard InChI is InChI=1S/C10H12ClNO2S/c11-4-9(13)8-6-15-10(12-8)3-7-1-2-14-5-7/h6-7H,1-5H2. The number of nitrogens with zero attached hydrogens (tertiary/aromatic N) is 1. The predicted molar refractivity (Wildman–Crippen MR) is 59.8 cm³/mol. The van der Waals surface area contributed by atoms with E-state index in [0.29, 0.717) is 11.6 Å². The summed E-state index contributed by atoms with van der Waals surface area (Å²) in [4.78, 5) is 15.5. The maximum Gasteiger partial charge on any atom is 0.196 e. The van der Waals surface area contributed by atoms with Crippen LogP contribution in [0.2, 0.25) is 0 Å². The normalized spacial score (nSPS) is 20.7. The molecule has 0 amide bonds. The van der Waals surface area contributed by atoms with Gasteiger partial charge in [0.25, 0.3) is 0 Å². The van der Waals surface area contributed by atoms with Gasteiger partial charge in [-0.15, -0.1) is 22.9 Å². The van der Waals surface area contributed by atoms with E-state index in [2.05, 4.69) is 4.98 Å². The molecule has 3 nitrogen and oxygen atoms in total. The molecule has 0 radical (unpaired) electrons. The maximum atomic E-state index is 11.3. The molecule has 15 heavy (non-hydrogen) atoms. The second-order valence-corrected chi connectivity index (χ2v) is 4.83. The Labute approximate surface area is 97.4 Å². The topological polar surface area (TPSA) is 39.2 Å². The van der Waals surface area contributed by atoms with Crippen LogP contribution in [0.1, 0.15) is 21.9 Å². The zero-order valence-corrected chi connectivity index (χ0v) is 9.81. The minimum atomic E-state index is -0.0955. The Kier molecular flexibility index (Phi) is 3.72. The van der Waals surface area contributed by atoms with Crippen LogP contribution >= 0.6 is 22.9 Å². The number of Topliss-reactive ketones (excluding diaryl/α,β-unsaturated/α-hetero) is 1. The van der Waals surface area contributed by atoms with Crippen molar-refractivity contribution in [2.75, 3.05) is 19.1 Å². The molecule has 1 aromatic rings. The molecule has 0 aromatic carbocycles. The number of rotatable bonds is 4. The van der Waals surface area contributed by atoms with Gasteiger partial charge in [-0.1, -0.05) is 0 Å². The van der Waals surface area contributed by atoms with E-state index in [1.807, 2.05) is 0 Å². The highest BCUT2D eigenvalue weighted by atomic mass is 35.5. The number of carbonyl (C=O) groups is 1. The van der Waals surface area contributed by atoms with Crippen LogP contribution in [0.5, 0.6) is 0 Å². The molecule has 2 heterocycles. The minimum Gasteiger partial charge on any atom is -0.381 e. The van der Waals surface area contributed by atoms with Gasteiger partial charge in [0.1, 0.15) is 5.69 Å². The van der Waals surface area contributed by atoms with Gasteiger partial charge in [-0.2, -0.15) is 0 Å². The largest absolute Gasteiger partial charge is 0.381 e. The first-order valence-corrected chi connectivity index (χ1v) is 6.32. The van der Waals surface area contributed by atoms with Crippen LogP contribution in [0.25, 0.3) is 0 Å². The number of hydrogen-bond acceptors (Lipinski definition) is 4. The van der Waals surface area contributed by atoms with Gasteiger partial charge in [-0.3, -0.25) is 4.79 Å². The Balaban J connectivity index is 1.97. The van der Waals surface area contributed by atoms with E-state index in [1.54, 1.807) is 5.38 Å². The van der Waals surface area contributed by atoms with E-state index in [1.165, 1.54) is 11.3 Å². The number of carbonyl (C=O) groups excluding carboxylic acids is 1. The van der Waals surface area contributed by atoms with Crippen molar-refractivity contribution < 1.29 is 9.53 Å². The molecule has 0 bridgehead atoms. The number of alkyl halides is 1. The minimum absolute atomic E-state index is 0.00964. The predicted octanol–water partition coefficient (Wildman–Crippen LogP) is 2.14. The van der Waals surface area contributed by atoms with Gasteiger partial charge in [-0.05, 0) is 12.3 Å². The van der Waals surface area contributed by atoms with Crippen LogP contribution in [0.15, 0.2) is 5.38 Å². The first-order valence-electron chi connectivity index (χ1n) is 4.91. The SMILES string of the molecule is O=C(CCl)c1csc(CC2CCOC2)n1. The lowest BCUT2D eigenvalue weighted by Crippen LogP contribution is -2.05. The highest BCUT2D eigenvalue weighted by Gasteiger charge is 2.18. The summed E-state index contributed by atoms with van der Waals surface area (Å²) in [6.45, 7) is 1.67. The van der Waals surface area contributed by atoms with Crippen molar-refractivity contribution in [1.82, 2.24) is 4.98 Å². The smallest absolute Gasteiger partial charge is 0.196 e. The Hall–Kier alpha value is -0.450. The number of hydrogen-bond donors (Lipinski definition) is 0. The third kappa shape index (κ3) is 2.77. The van der Waals surface area contributed by atoms with E-state index in [4.69, 9.17) is 16.3 Å². The molecule has 0 spiro atoms. The zero-order valence-electron chi connectivity index (χ0n) is 8.24. The van der Waals surface area contributed by atoms with E-state index in [-0.39, 0.29) is 11.7 Å². The molecule has 0 saturated carbocycles. The summed E-state index contributed by atoms with van der Waals surface area (Å²) < 4.78 is 5.29. The maximum absolute atomic E-state index is 11.3. The Morgan fingerprint density at radius 3 is 3.27 bits per heavy atom. The third-order valence-corrected chi connectivity index (χ3v) is 3.56. The molecule has 82 valence electrons. The molecule has 2 rings (SSSR count). The number of ether oxygens (including phenoxy) is 1. The molecule has 5 heteroatoms. The lowest BCUT2D eigenvalue weighted by Gasteiger charge is -2.02. The highest BCUT2D eigenvalue weighted by molar-refractivity contribution is 7.09. The van der Waals surface area contributed by atoms with Crippen LogP contribution in [-0.4, -0.2) is 29.9 Å². The second-order valence-electron chi connectivity index (χ2n) is 3.62. The number of aromatic nitrogens is 1. The molecule has 1 saturated heterocycles. The Morgan fingerprint density at radius 2 is 2.60 bits per heavy atom. The summed E-state index contributed by atoms with van der Waals surface area (Å²) in [6.07, 6.45) is 2.01. The van der Waals surface area contributed by atoms with Crippen LogP contribution in [0.3, 0.4) is 0 Å². The monoisotopic (exact) mass is 245 g/mol. The Morgan fingerprint density at radius 1 is 1.73 bits per heavy atom. The molecular weight excluding hydrogens is 234 g/mol. The van der Waals surface area contributed by atoms with E-state index < -0.39 is 0 Å². The molecule has 1 atom stereocenters. The Bertz CT molecular complexity index is 347. The first kappa shape index (κ1) is 11.0. The molecule has 0 N–H and O–H groups in total. The zero-order chi connectivity index (χ0) is 10.7. The molecule has 1 aliphatic heterocycles. The van der Waals surface area contributed by atoms with Crippen LogP contribution in [-0.2, 0) is 11.2 Å². The van der Waals surface area contributed by atoms with Gasteiger partial charge in [0.2, 0.25) is 0 Å². The van der Waals surface area contributed by atoms with Crippen molar-refractivity contribution in [1.29, 1.82) is 0 Å². The van der Waals surface area contributed by atoms with Crippen LogP contribution in [0.4, 0.5) is 0 Å². The fourth-order valence-electron chi connectivity index (χ4n) is 1.59. The summed E-state index contributed by atoms with van der Waals surface area (Å²) in [5, 5.41) is 2.80. The summed E-state index contributed by atoms with van der Waals surface area (Å²) >= 11 is 7.00. The molecule has 0 aliphatic carbocycles. The first-order chi connectivity index (χ1) is 7.29. The second kappa shape index (κ2) is 5.05. The van der Waals surface area contributed by atoms with E-state index >= 15 is 0 Å². The van der Waals surface area contributed by atoms with Crippen LogP contribution < -0.4 is 0 Å². The van der Waals surface area contributed by atoms with Gasteiger partial charge >= 0.3 is 0 Å². The van der Waals surface area contributed by atoms with Crippen molar-refractivity contribution in [3.8, 4) is 0 Å². The van der Waals surface area contributed by atoms with Crippen molar-refractivity contribution in [3.63, 3.8) is 0 Å². The van der Waals surface area contributed by atoms with Gasteiger partial charge in [-0.25, -0.2) is 4.98 Å². The fourth-order valence-corrected chi connectivity index (χ4v) is 2.64. The average Bonchev–Trinajstić information content (AvgIpc) is 2.88. The number of ketones is 1. The van der Waals surface area contributed by atoms with Gasteiger partial charge in [0.05, 0.1) is 10.9 Å². The van der Waals surface area contributed by atoms with Crippen molar-refractivity contribution in [2.45, 2.75) is 12.8 Å². The van der Waals surface area contributed by atoms with Crippen molar-refractivity contribution >= 4 is 28.7 Å². The number of thiazole rings is 1. The fraction of sp³-hybridized carbons (Fsp3) is 0.600. The van der Waals surface area contributed by atoms with Gasteiger partial charge in [0, 0.05) is 25.0 Å². The number of halogens is 1. The average molecular weight is 246 g/mol. The molecule has 1 unspecified atom stereocenters. The van der Waals surface area contributed by atoms with Gasteiger partial charge < -0.3 is 4.74 Å². The van der Waals surface area contributed by atoms with Gasteiger partial charge in [0.15, 0.2) is 5.78 Å². The van der Waals surface area contributed by atoms with E-state index in [0.717, 1.165) is 31.1 Å². The van der Waals surface area contributed by atoms with Crippen LogP contribution in [0, 0.1) is 5.92 Å². The van der Waals surface area contributed by atoms with Crippen molar-refractivity contribution in [3.05, 3.63) is 16.1 Å². The summed E-state index contributed by atoms with van der Waals surface area (Å²) in [7, 11) is 0. The summed E-state index contributed by atoms with van der Waals surface area (Å²) in [5.74, 6) is 0.479. The lowest BCUT2D eigenvalue weighted by molar-refractivity contribution is 0.101. The highest BCUT2D eigenvalue weighted by Crippen LogP contribution is 2.20.